The quantitative estimate of drug-likeness (QED) is 0.837. The Balaban J connectivity index is 2.74. The van der Waals surface area contributed by atoms with Gasteiger partial charge < -0.3 is 10.1 Å². The molecule has 0 radical (unpaired) electrons. The summed E-state index contributed by atoms with van der Waals surface area (Å²) in [5.41, 5.74) is 1.14. The van der Waals surface area contributed by atoms with Crippen molar-refractivity contribution in [2.45, 2.75) is 26.3 Å². The van der Waals surface area contributed by atoms with E-state index in [1.807, 2.05) is 24.9 Å². The Morgan fingerprint density at radius 1 is 1.56 bits per heavy atom. The molecule has 0 amide bonds. The molecular formula is C11H20BrN3O. The summed E-state index contributed by atoms with van der Waals surface area (Å²) >= 11 is 3.52. The summed E-state index contributed by atoms with van der Waals surface area (Å²) < 4.78 is 8.42. The maximum atomic E-state index is 5.50. The summed E-state index contributed by atoms with van der Waals surface area (Å²) in [6.07, 6.45) is 2.93. The van der Waals surface area contributed by atoms with Crippen LogP contribution in [0.3, 0.4) is 0 Å². The van der Waals surface area contributed by atoms with Crippen LogP contribution in [0.5, 0.6) is 0 Å². The third-order valence-electron chi connectivity index (χ3n) is 2.40. The summed E-state index contributed by atoms with van der Waals surface area (Å²) in [5, 5.41) is 7.70. The van der Waals surface area contributed by atoms with Gasteiger partial charge in [-0.25, -0.2) is 0 Å². The van der Waals surface area contributed by atoms with Crippen molar-refractivity contribution in [3.63, 3.8) is 0 Å². The van der Waals surface area contributed by atoms with Gasteiger partial charge in [-0.05, 0) is 35.8 Å². The summed E-state index contributed by atoms with van der Waals surface area (Å²) in [6, 6.07) is 0.196. The minimum absolute atomic E-state index is 0.196. The number of rotatable bonds is 7. The molecule has 1 atom stereocenters. The Morgan fingerprint density at radius 2 is 2.31 bits per heavy atom. The Bertz CT molecular complexity index is 287. The first-order valence-corrected chi connectivity index (χ1v) is 6.48. The average Bonchev–Trinajstić information content (AvgIpc) is 2.60. The zero-order valence-electron chi connectivity index (χ0n) is 10.2. The molecule has 0 aliphatic heterocycles. The first-order chi connectivity index (χ1) is 7.70. The van der Waals surface area contributed by atoms with Gasteiger partial charge in [0.1, 0.15) is 0 Å². The number of nitrogens with zero attached hydrogens (tertiary/aromatic N) is 2. The van der Waals surface area contributed by atoms with E-state index in [-0.39, 0.29) is 6.04 Å². The van der Waals surface area contributed by atoms with E-state index in [9.17, 15) is 0 Å². The molecule has 0 aromatic carbocycles. The van der Waals surface area contributed by atoms with Crippen LogP contribution in [0.1, 0.15) is 32.0 Å². The first-order valence-electron chi connectivity index (χ1n) is 5.69. The van der Waals surface area contributed by atoms with Gasteiger partial charge in [-0.2, -0.15) is 5.10 Å². The van der Waals surface area contributed by atoms with Gasteiger partial charge in [-0.15, -0.1) is 0 Å². The van der Waals surface area contributed by atoms with Crippen molar-refractivity contribution in [1.82, 2.24) is 15.1 Å². The standard InChI is InChI=1S/C11H20BrN3O/c1-4-6-13-10(8-16-5-2)11-9(12)7-14-15(11)3/h7,10,13H,4-6,8H2,1-3H3. The highest BCUT2D eigenvalue weighted by atomic mass is 79.9. The summed E-state index contributed by atoms with van der Waals surface area (Å²) in [4.78, 5) is 0. The van der Waals surface area contributed by atoms with Gasteiger partial charge in [0, 0.05) is 13.7 Å². The minimum Gasteiger partial charge on any atom is -0.380 e. The van der Waals surface area contributed by atoms with Crippen LogP contribution < -0.4 is 5.32 Å². The van der Waals surface area contributed by atoms with Gasteiger partial charge in [-0.3, -0.25) is 4.68 Å². The van der Waals surface area contributed by atoms with E-state index in [4.69, 9.17) is 4.74 Å². The molecule has 0 aliphatic rings. The molecule has 1 N–H and O–H groups in total. The van der Waals surface area contributed by atoms with E-state index in [1.54, 1.807) is 0 Å². The molecule has 1 heterocycles. The SMILES string of the molecule is CCCNC(COCC)c1c(Br)cnn1C. The van der Waals surface area contributed by atoms with E-state index >= 15 is 0 Å². The van der Waals surface area contributed by atoms with Gasteiger partial charge in [0.15, 0.2) is 0 Å². The third-order valence-corrected chi connectivity index (χ3v) is 3.01. The lowest BCUT2D eigenvalue weighted by molar-refractivity contribution is 0.120. The highest BCUT2D eigenvalue weighted by Gasteiger charge is 2.18. The second kappa shape index (κ2) is 7.04. The molecule has 1 aromatic rings. The fourth-order valence-electron chi connectivity index (χ4n) is 1.60. The monoisotopic (exact) mass is 289 g/mol. The Kier molecular flexibility index (Phi) is 6.01. The van der Waals surface area contributed by atoms with E-state index in [0.717, 1.165) is 29.7 Å². The van der Waals surface area contributed by atoms with Gasteiger partial charge in [0.05, 0.1) is 29.0 Å². The lowest BCUT2D eigenvalue weighted by Crippen LogP contribution is -2.28. The van der Waals surface area contributed by atoms with Crippen LogP contribution in [0.25, 0.3) is 0 Å². The van der Waals surface area contributed by atoms with Crippen LogP contribution >= 0.6 is 15.9 Å². The van der Waals surface area contributed by atoms with Crippen LogP contribution in [0.15, 0.2) is 10.7 Å². The molecule has 1 unspecified atom stereocenters. The second-order valence-corrected chi connectivity index (χ2v) is 4.52. The molecule has 0 saturated heterocycles. The Hall–Kier alpha value is -0.390. The molecule has 0 saturated carbocycles. The second-order valence-electron chi connectivity index (χ2n) is 3.67. The molecule has 0 bridgehead atoms. The van der Waals surface area contributed by atoms with E-state index < -0.39 is 0 Å². The Labute approximate surface area is 105 Å². The average molecular weight is 290 g/mol. The summed E-state index contributed by atoms with van der Waals surface area (Å²) in [7, 11) is 1.95. The van der Waals surface area contributed by atoms with E-state index in [2.05, 4.69) is 33.3 Å². The summed E-state index contributed by atoms with van der Waals surface area (Å²) in [6.45, 7) is 6.56. The van der Waals surface area contributed by atoms with Crippen molar-refractivity contribution in [3.8, 4) is 0 Å². The van der Waals surface area contributed by atoms with Crippen LogP contribution in [-0.4, -0.2) is 29.5 Å². The molecule has 4 nitrogen and oxygen atoms in total. The fourth-order valence-corrected chi connectivity index (χ4v) is 2.23. The molecular weight excluding hydrogens is 270 g/mol. The molecule has 5 heteroatoms. The van der Waals surface area contributed by atoms with E-state index in [0.29, 0.717) is 6.61 Å². The largest absolute Gasteiger partial charge is 0.380 e. The zero-order valence-corrected chi connectivity index (χ0v) is 11.7. The molecule has 1 aromatic heterocycles. The van der Waals surface area contributed by atoms with Gasteiger partial charge >= 0.3 is 0 Å². The normalized spacial score (nSPS) is 13.0. The number of aryl methyl sites for hydroxylation is 1. The number of nitrogens with one attached hydrogen (secondary N) is 1. The highest BCUT2D eigenvalue weighted by molar-refractivity contribution is 9.10. The molecule has 16 heavy (non-hydrogen) atoms. The number of ether oxygens (including phenoxy) is 1. The van der Waals surface area contributed by atoms with Crippen molar-refractivity contribution >= 4 is 15.9 Å². The number of aromatic nitrogens is 2. The van der Waals surface area contributed by atoms with E-state index in [1.165, 1.54) is 0 Å². The van der Waals surface area contributed by atoms with Crippen molar-refractivity contribution in [2.24, 2.45) is 7.05 Å². The van der Waals surface area contributed by atoms with Crippen LogP contribution in [0.4, 0.5) is 0 Å². The minimum atomic E-state index is 0.196. The maximum Gasteiger partial charge on any atom is 0.0741 e. The third kappa shape index (κ3) is 3.57. The van der Waals surface area contributed by atoms with Gasteiger partial charge in [-0.1, -0.05) is 6.92 Å². The predicted molar refractivity (Wildman–Crippen MR) is 68.4 cm³/mol. The smallest absolute Gasteiger partial charge is 0.0741 e. The first kappa shape index (κ1) is 13.7. The zero-order chi connectivity index (χ0) is 12.0. The maximum absolute atomic E-state index is 5.50. The van der Waals surface area contributed by atoms with Crippen molar-refractivity contribution < 1.29 is 4.74 Å². The van der Waals surface area contributed by atoms with Crippen molar-refractivity contribution in [3.05, 3.63) is 16.4 Å². The topological polar surface area (TPSA) is 39.1 Å². The van der Waals surface area contributed by atoms with Gasteiger partial charge in [0.25, 0.3) is 0 Å². The fraction of sp³-hybridized carbons (Fsp3) is 0.727. The molecule has 0 spiro atoms. The number of hydrogen-bond acceptors (Lipinski definition) is 3. The predicted octanol–water partition coefficient (Wildman–Crippen LogP) is 2.26. The van der Waals surface area contributed by atoms with Crippen molar-refractivity contribution in [1.29, 1.82) is 0 Å². The lowest BCUT2D eigenvalue weighted by atomic mass is 10.2. The number of halogens is 1. The molecule has 0 fully saturated rings. The van der Waals surface area contributed by atoms with Crippen LogP contribution in [0.2, 0.25) is 0 Å². The molecule has 92 valence electrons. The van der Waals surface area contributed by atoms with Gasteiger partial charge in [0.2, 0.25) is 0 Å². The number of hydrogen-bond donors (Lipinski definition) is 1. The lowest BCUT2D eigenvalue weighted by Gasteiger charge is -2.19. The summed E-state index contributed by atoms with van der Waals surface area (Å²) in [5.74, 6) is 0. The molecule has 0 aliphatic carbocycles. The van der Waals surface area contributed by atoms with Crippen LogP contribution in [-0.2, 0) is 11.8 Å². The Morgan fingerprint density at radius 3 is 2.81 bits per heavy atom. The van der Waals surface area contributed by atoms with Crippen LogP contribution in [0, 0.1) is 0 Å². The van der Waals surface area contributed by atoms with Crippen molar-refractivity contribution in [2.75, 3.05) is 19.8 Å². The molecule has 1 rings (SSSR count). The highest BCUT2D eigenvalue weighted by Crippen LogP contribution is 2.22.